The van der Waals surface area contributed by atoms with Crippen LogP contribution in [0.15, 0.2) is 36.5 Å². The molecule has 3 aliphatic heterocycles. The van der Waals surface area contributed by atoms with Crippen LogP contribution in [-0.4, -0.2) is 168 Å². The van der Waals surface area contributed by atoms with Gasteiger partial charge < -0.3 is 63.1 Å². The number of fused-ring (bicyclic) bond motifs is 1. The lowest BCUT2D eigenvalue weighted by atomic mass is 9.81. The highest BCUT2D eigenvalue weighted by Gasteiger charge is 2.52. The molecule has 3 saturated heterocycles. The molecule has 4 heterocycles. The summed E-state index contributed by atoms with van der Waals surface area (Å²) in [6, 6.07) is 9.45. The van der Waals surface area contributed by atoms with Crippen LogP contribution in [0.4, 0.5) is 0 Å². The number of aldehydes is 1. The van der Waals surface area contributed by atoms with Crippen LogP contribution >= 0.6 is 0 Å². The van der Waals surface area contributed by atoms with Crippen LogP contribution in [0.2, 0.25) is 0 Å². The fraction of sp³-hybridized carbons (Fsp3) is 0.760. The molecule has 372 valence electrons. The van der Waals surface area contributed by atoms with Gasteiger partial charge in [0, 0.05) is 50.4 Å². The molecule has 3 N–H and O–H groups in total. The van der Waals surface area contributed by atoms with Crippen molar-refractivity contribution in [2.24, 2.45) is 17.8 Å². The van der Waals surface area contributed by atoms with E-state index >= 15 is 0 Å². The molecule has 2 aromatic rings. The van der Waals surface area contributed by atoms with Crippen molar-refractivity contribution in [2.45, 2.75) is 185 Å². The molecule has 0 amide bonds. The van der Waals surface area contributed by atoms with Gasteiger partial charge in [0.25, 0.3) is 0 Å². The van der Waals surface area contributed by atoms with E-state index in [2.05, 4.69) is 22.0 Å². The molecule has 1 aromatic carbocycles. The molecule has 16 atom stereocenters. The Balaban J connectivity index is 1.37. The predicted octanol–water partition coefficient (Wildman–Crippen LogP) is 4.84. The molecule has 0 bridgehead atoms. The molecule has 16 nitrogen and oxygen atoms in total. The molecule has 66 heavy (non-hydrogen) atoms. The number of nitrogens with zero attached hydrogens (tertiary/aromatic N) is 3. The van der Waals surface area contributed by atoms with Crippen molar-refractivity contribution < 1.29 is 62.9 Å². The maximum absolute atomic E-state index is 13.3. The maximum atomic E-state index is 13.3. The van der Waals surface area contributed by atoms with E-state index in [1.165, 1.54) is 12.7 Å². The Morgan fingerprint density at radius 1 is 1.00 bits per heavy atom. The normalized spacial score (nSPS) is 37.1. The number of aliphatic hydroxyl groups excluding tert-OH is 3. The van der Waals surface area contributed by atoms with E-state index in [-0.39, 0.29) is 49.6 Å². The Labute approximate surface area is 391 Å². The van der Waals surface area contributed by atoms with Gasteiger partial charge in [0.2, 0.25) is 0 Å². The van der Waals surface area contributed by atoms with Crippen molar-refractivity contribution in [3.63, 3.8) is 0 Å². The number of cyclic esters (lactones) is 1. The summed E-state index contributed by atoms with van der Waals surface area (Å²) in [6.45, 7) is 14.9. The lowest BCUT2D eigenvalue weighted by Gasteiger charge is -2.51. The molecule has 16 heteroatoms. The van der Waals surface area contributed by atoms with Crippen molar-refractivity contribution >= 4 is 29.1 Å². The number of hydrogen-bond acceptors (Lipinski definition) is 16. The minimum absolute atomic E-state index is 0.0302. The van der Waals surface area contributed by atoms with Crippen molar-refractivity contribution in [3.05, 3.63) is 42.1 Å². The summed E-state index contributed by atoms with van der Waals surface area (Å²) in [5.41, 5.74) is 1.31. The fourth-order valence-corrected chi connectivity index (χ4v) is 10.1. The number of esters is 2. The zero-order chi connectivity index (χ0) is 48.3. The molecule has 1 aromatic heterocycles. The van der Waals surface area contributed by atoms with Crippen LogP contribution in [0.5, 0.6) is 0 Å². The number of carbonyl (C=O) groups is 3. The van der Waals surface area contributed by atoms with Gasteiger partial charge in [0.1, 0.15) is 30.2 Å². The first kappa shape index (κ1) is 53.8. The van der Waals surface area contributed by atoms with Gasteiger partial charge in [-0.3, -0.25) is 14.6 Å². The van der Waals surface area contributed by atoms with E-state index in [1.807, 2.05) is 78.0 Å². The van der Waals surface area contributed by atoms with Crippen molar-refractivity contribution in [3.8, 4) is 0 Å². The number of rotatable bonds is 14. The molecular weight excluding hydrogens is 851 g/mol. The summed E-state index contributed by atoms with van der Waals surface area (Å²) in [5.74, 6) is -2.03. The van der Waals surface area contributed by atoms with E-state index in [4.69, 9.17) is 33.2 Å². The third-order valence-electron chi connectivity index (χ3n) is 14.3. The monoisotopic (exact) mass is 930 g/mol. The number of β-amino-alcohol motifs (C(OH)–C–C–N with tert-alkyl or cyclic N) is 1. The summed E-state index contributed by atoms with van der Waals surface area (Å²) < 4.78 is 43.8. The van der Waals surface area contributed by atoms with Crippen molar-refractivity contribution in [1.82, 2.24) is 14.8 Å². The highest BCUT2D eigenvalue weighted by atomic mass is 16.7. The molecule has 0 aliphatic carbocycles. The number of aliphatic hydroxyl groups is 3. The number of hydrogen-bond donors (Lipinski definition) is 3. The first-order valence-electron chi connectivity index (χ1n) is 24.1. The highest BCUT2D eigenvalue weighted by molar-refractivity contribution is 5.81. The maximum Gasteiger partial charge on any atom is 0.308 e. The summed E-state index contributed by atoms with van der Waals surface area (Å²) in [6.07, 6.45) is -4.12. The second kappa shape index (κ2) is 24.9. The van der Waals surface area contributed by atoms with E-state index < -0.39 is 91.4 Å². The number of methoxy groups -OCH3 is 1. The van der Waals surface area contributed by atoms with Gasteiger partial charge in [0.05, 0.1) is 54.6 Å². The SMILES string of the molecule is CCC(=O)OC1(C)C[C@H](O[C@@H]2C(C)O[C@@H](O[C@H]3[C@@H](CC=O)C[C@@H](C)[C@@H](O)CN(CCCc4ccnc5ccccc45)CCC[C@@H](C)OC(=O)C[C@@H](O)[C@@H]3OC)C(O)C2N(C)C)OC(C)[C@@H]1C. The number of carbonyl (C=O) groups excluding carboxylic acids is 3. The van der Waals surface area contributed by atoms with E-state index in [0.29, 0.717) is 19.5 Å². The van der Waals surface area contributed by atoms with Gasteiger partial charge in [-0.05, 0) is 117 Å². The number of pyridine rings is 1. The number of aromatic nitrogens is 1. The second-order valence-corrected chi connectivity index (χ2v) is 19.5. The van der Waals surface area contributed by atoms with Gasteiger partial charge >= 0.3 is 11.9 Å². The van der Waals surface area contributed by atoms with Gasteiger partial charge in [-0.15, -0.1) is 0 Å². The van der Waals surface area contributed by atoms with E-state index in [1.54, 1.807) is 13.8 Å². The van der Waals surface area contributed by atoms with Crippen LogP contribution in [0, 0.1) is 17.8 Å². The second-order valence-electron chi connectivity index (χ2n) is 19.5. The predicted molar refractivity (Wildman–Crippen MR) is 247 cm³/mol. The molecule has 3 fully saturated rings. The first-order valence-corrected chi connectivity index (χ1v) is 24.1. The van der Waals surface area contributed by atoms with Crippen LogP contribution in [0.25, 0.3) is 10.9 Å². The number of ether oxygens (including phenoxy) is 7. The number of likely N-dealkylation sites (N-methyl/N-ethyl adjacent to an activating group) is 1. The quantitative estimate of drug-likeness (QED) is 0.172. The van der Waals surface area contributed by atoms with Gasteiger partial charge in [-0.1, -0.05) is 39.0 Å². The Hall–Kier alpha value is -3.16. The smallest absolute Gasteiger partial charge is 0.308 e. The summed E-state index contributed by atoms with van der Waals surface area (Å²) in [7, 11) is 5.01. The number of para-hydroxylation sites is 1. The largest absolute Gasteiger partial charge is 0.463 e. The lowest BCUT2D eigenvalue weighted by Crippen LogP contribution is -2.65. The topological polar surface area (TPSA) is 196 Å². The van der Waals surface area contributed by atoms with Crippen LogP contribution in [-0.2, 0) is 54.0 Å². The zero-order valence-corrected chi connectivity index (χ0v) is 41.0. The van der Waals surface area contributed by atoms with Crippen LogP contribution in [0.3, 0.4) is 0 Å². The number of aryl methyl sites for hydroxylation is 1. The molecule has 5 rings (SSSR count). The highest BCUT2D eigenvalue weighted by Crippen LogP contribution is 2.40. The Morgan fingerprint density at radius 2 is 1.74 bits per heavy atom. The summed E-state index contributed by atoms with van der Waals surface area (Å²) in [5, 5.41) is 36.9. The summed E-state index contributed by atoms with van der Waals surface area (Å²) in [4.78, 5) is 46.9. The average Bonchev–Trinajstić information content (AvgIpc) is 3.26. The Kier molecular flexibility index (Phi) is 20.3. The molecule has 0 radical (unpaired) electrons. The first-order chi connectivity index (χ1) is 31.4. The van der Waals surface area contributed by atoms with Gasteiger partial charge in [0.15, 0.2) is 12.6 Å². The molecule has 0 spiro atoms. The van der Waals surface area contributed by atoms with Crippen LogP contribution < -0.4 is 0 Å². The van der Waals surface area contributed by atoms with E-state index in [0.717, 1.165) is 43.0 Å². The third-order valence-corrected chi connectivity index (χ3v) is 14.3. The molecule has 3 aliphatic rings. The average molecular weight is 930 g/mol. The van der Waals surface area contributed by atoms with E-state index in [9.17, 15) is 29.7 Å². The zero-order valence-electron chi connectivity index (χ0n) is 41.0. The fourth-order valence-electron chi connectivity index (χ4n) is 10.1. The molecular formula is C50H79N3O13. The van der Waals surface area contributed by atoms with Crippen molar-refractivity contribution in [2.75, 3.05) is 40.8 Å². The third kappa shape index (κ3) is 14.0. The van der Waals surface area contributed by atoms with Gasteiger partial charge in [-0.25, -0.2) is 0 Å². The Bertz CT molecular complexity index is 1830. The summed E-state index contributed by atoms with van der Waals surface area (Å²) >= 11 is 0. The minimum Gasteiger partial charge on any atom is -0.463 e. The Morgan fingerprint density at radius 3 is 2.44 bits per heavy atom. The minimum atomic E-state index is -1.42. The lowest BCUT2D eigenvalue weighted by molar-refractivity contribution is -0.341. The van der Waals surface area contributed by atoms with Crippen LogP contribution in [0.1, 0.15) is 105 Å². The van der Waals surface area contributed by atoms with Gasteiger partial charge in [-0.2, -0.15) is 0 Å². The molecule has 5 unspecified atom stereocenters. The molecule has 0 saturated carbocycles. The number of benzene rings is 1. The van der Waals surface area contributed by atoms with Crippen molar-refractivity contribution in [1.29, 1.82) is 0 Å². The standard InChI is InChI=1S/C50H79N3O13/c1-11-41(57)66-50(7)28-43(62-33(5)32(50)4)64-46-34(6)63-49(45(59)44(46)52(8)9)65-47-36(21-25-54)26-30(2)40(56)29-53(23-14-16-31(3)61-42(58)27-39(55)48(47)60-10)24-15-17-35-20-22-51-38-19-13-12-18-37(35)38/h12-13,18-20,22,25,30-34,36,39-40,43-49,55-56,59H,11,14-17,21,23-24,26-29H2,1-10H3/t30-,31-,32+,33?,34?,36+,39-,40+,43+,44?,45?,46-,47+,48+,49+,50?/m1/s1.